The Bertz CT molecular complexity index is 1320. The number of benzene rings is 2. The van der Waals surface area contributed by atoms with Gasteiger partial charge in [0.2, 0.25) is 11.8 Å². The Morgan fingerprint density at radius 1 is 0.857 bits per heavy atom. The number of fused-ring (bicyclic) bond motifs is 1. The zero-order valence-electron chi connectivity index (χ0n) is 24.5. The van der Waals surface area contributed by atoms with Gasteiger partial charge in [0.05, 0.1) is 15.6 Å². The van der Waals surface area contributed by atoms with Crippen molar-refractivity contribution in [1.82, 2.24) is 14.7 Å². The first-order valence-electron chi connectivity index (χ1n) is 14.8. The second kappa shape index (κ2) is 13.1. The van der Waals surface area contributed by atoms with Crippen molar-refractivity contribution in [3.63, 3.8) is 0 Å². The molecular weight excluding hydrogens is 595 g/mol. The van der Waals surface area contributed by atoms with E-state index >= 15 is 0 Å². The van der Waals surface area contributed by atoms with Crippen LogP contribution in [0.15, 0.2) is 30.3 Å². The molecule has 0 saturated carbocycles. The van der Waals surface area contributed by atoms with Crippen molar-refractivity contribution in [3.8, 4) is 0 Å². The first kappa shape index (κ1) is 31.1. The molecule has 2 atom stereocenters. The summed E-state index contributed by atoms with van der Waals surface area (Å²) in [7, 11) is 0. The van der Waals surface area contributed by atoms with Crippen LogP contribution in [-0.2, 0) is 9.59 Å². The molecule has 0 radical (unpaired) electrons. The minimum Gasteiger partial charge on any atom is -0.343 e. The number of piperidine rings is 1. The van der Waals surface area contributed by atoms with Crippen molar-refractivity contribution in [3.05, 3.63) is 62.1 Å². The summed E-state index contributed by atoms with van der Waals surface area (Å²) < 4.78 is 0. The Balaban J connectivity index is 1.17. The van der Waals surface area contributed by atoms with Gasteiger partial charge in [0.25, 0.3) is 5.91 Å². The van der Waals surface area contributed by atoms with E-state index in [0.29, 0.717) is 78.0 Å². The second-order valence-corrected chi connectivity index (χ2v) is 13.4. The molecule has 2 unspecified atom stereocenters. The van der Waals surface area contributed by atoms with Crippen LogP contribution in [0.4, 0.5) is 5.69 Å². The number of rotatable bonds is 7. The van der Waals surface area contributed by atoms with Gasteiger partial charge in [-0.05, 0) is 86.9 Å². The van der Waals surface area contributed by atoms with Gasteiger partial charge in [-0.2, -0.15) is 0 Å². The van der Waals surface area contributed by atoms with Crippen molar-refractivity contribution in [1.29, 1.82) is 0 Å². The van der Waals surface area contributed by atoms with Gasteiger partial charge in [-0.15, -0.1) is 0 Å². The minimum atomic E-state index is -0.106. The molecule has 226 valence electrons. The molecule has 3 heterocycles. The van der Waals surface area contributed by atoms with E-state index in [2.05, 4.69) is 4.90 Å². The Labute approximate surface area is 263 Å². The molecule has 0 aromatic heterocycles. The minimum absolute atomic E-state index is 0.0636. The Hall–Kier alpha value is -2.32. The molecule has 0 bridgehead atoms. The van der Waals surface area contributed by atoms with Crippen LogP contribution in [0, 0.1) is 31.6 Å². The average Bonchev–Trinajstić information content (AvgIpc) is 3.51. The van der Waals surface area contributed by atoms with Crippen LogP contribution < -0.4 is 4.90 Å². The van der Waals surface area contributed by atoms with E-state index in [0.717, 1.165) is 42.9 Å². The fraction of sp³-hybridized carbons (Fsp3) is 0.531. The highest BCUT2D eigenvalue weighted by molar-refractivity contribution is 6.39. The third-order valence-corrected chi connectivity index (χ3v) is 10.1. The molecule has 3 amide bonds. The monoisotopic (exact) mass is 632 g/mol. The third-order valence-electron chi connectivity index (χ3n) is 9.13. The number of hydrogen-bond donors (Lipinski definition) is 0. The van der Waals surface area contributed by atoms with Crippen LogP contribution in [0.3, 0.4) is 0 Å². The van der Waals surface area contributed by atoms with Crippen LogP contribution in [-0.4, -0.2) is 84.8 Å². The summed E-state index contributed by atoms with van der Waals surface area (Å²) in [6.45, 7) is 11.4. The number of aryl methyl sites for hydroxylation is 2. The van der Waals surface area contributed by atoms with E-state index in [9.17, 15) is 14.4 Å². The van der Waals surface area contributed by atoms with Gasteiger partial charge in [0.15, 0.2) is 0 Å². The molecule has 2 aromatic carbocycles. The van der Waals surface area contributed by atoms with Gasteiger partial charge in [-0.25, -0.2) is 0 Å². The summed E-state index contributed by atoms with van der Waals surface area (Å²) in [6.07, 6.45) is 2.19. The fourth-order valence-corrected chi connectivity index (χ4v) is 7.66. The van der Waals surface area contributed by atoms with Crippen molar-refractivity contribution < 1.29 is 14.4 Å². The molecule has 2 aromatic rings. The van der Waals surface area contributed by atoms with Crippen molar-refractivity contribution in [2.75, 3.05) is 57.3 Å². The summed E-state index contributed by atoms with van der Waals surface area (Å²) in [5.74, 6) is 0.804. The lowest BCUT2D eigenvalue weighted by atomic mass is 9.94. The topological polar surface area (TPSA) is 64.2 Å². The smallest absolute Gasteiger partial charge is 0.256 e. The maximum Gasteiger partial charge on any atom is 0.256 e. The molecule has 0 aliphatic carbocycles. The highest BCUT2D eigenvalue weighted by Gasteiger charge is 2.42. The van der Waals surface area contributed by atoms with Crippen LogP contribution in [0.5, 0.6) is 0 Å². The normalized spacial score (nSPS) is 21.1. The van der Waals surface area contributed by atoms with Gasteiger partial charge in [0.1, 0.15) is 0 Å². The van der Waals surface area contributed by atoms with E-state index in [-0.39, 0.29) is 23.6 Å². The van der Waals surface area contributed by atoms with Crippen LogP contribution in [0.25, 0.3) is 0 Å². The van der Waals surface area contributed by atoms with E-state index in [1.165, 1.54) is 0 Å². The number of carbonyl (C=O) groups excluding carboxylic acids is 3. The van der Waals surface area contributed by atoms with Crippen molar-refractivity contribution in [2.45, 2.75) is 40.0 Å². The van der Waals surface area contributed by atoms with E-state index in [4.69, 9.17) is 34.8 Å². The highest BCUT2D eigenvalue weighted by Crippen LogP contribution is 2.35. The molecule has 3 fully saturated rings. The molecule has 3 aliphatic rings. The highest BCUT2D eigenvalue weighted by atomic mass is 35.5. The van der Waals surface area contributed by atoms with Gasteiger partial charge in [-0.1, -0.05) is 40.9 Å². The molecule has 10 heteroatoms. The molecular formula is C32H39Cl3N4O3. The van der Waals surface area contributed by atoms with Gasteiger partial charge < -0.3 is 19.6 Å². The predicted molar refractivity (Wildman–Crippen MR) is 169 cm³/mol. The van der Waals surface area contributed by atoms with E-state index in [1.54, 1.807) is 19.1 Å². The number of nitrogens with zero attached hydrogens (tertiary/aromatic N) is 4. The lowest BCUT2D eigenvalue weighted by Gasteiger charge is -2.34. The second-order valence-electron chi connectivity index (χ2n) is 12.2. The first-order chi connectivity index (χ1) is 20.0. The number of amides is 3. The number of anilines is 1. The van der Waals surface area contributed by atoms with Crippen LogP contribution in [0.1, 0.15) is 47.7 Å². The Kier molecular flexibility index (Phi) is 9.73. The predicted octanol–water partition coefficient (Wildman–Crippen LogP) is 5.95. The van der Waals surface area contributed by atoms with Gasteiger partial charge in [0, 0.05) is 69.4 Å². The third kappa shape index (κ3) is 6.75. The summed E-state index contributed by atoms with van der Waals surface area (Å²) in [5, 5.41) is 1.46. The molecule has 42 heavy (non-hydrogen) atoms. The zero-order valence-corrected chi connectivity index (χ0v) is 26.8. The van der Waals surface area contributed by atoms with Crippen LogP contribution in [0.2, 0.25) is 15.1 Å². The summed E-state index contributed by atoms with van der Waals surface area (Å²) in [4.78, 5) is 46.9. The number of hydrogen-bond acceptors (Lipinski definition) is 4. The molecule has 0 N–H and O–H groups in total. The van der Waals surface area contributed by atoms with E-state index < -0.39 is 0 Å². The summed E-state index contributed by atoms with van der Waals surface area (Å²) in [6, 6.07) is 9.39. The van der Waals surface area contributed by atoms with Gasteiger partial charge in [-0.3, -0.25) is 14.4 Å². The summed E-state index contributed by atoms with van der Waals surface area (Å²) in [5.41, 5.74) is 3.13. The number of carbonyl (C=O) groups is 3. The van der Waals surface area contributed by atoms with Crippen LogP contribution >= 0.6 is 34.8 Å². The Morgan fingerprint density at radius 3 is 2.05 bits per heavy atom. The molecule has 0 spiro atoms. The summed E-state index contributed by atoms with van der Waals surface area (Å²) >= 11 is 19.2. The molecule has 3 aliphatic heterocycles. The first-order valence-corrected chi connectivity index (χ1v) is 16.0. The van der Waals surface area contributed by atoms with Gasteiger partial charge >= 0.3 is 0 Å². The maximum absolute atomic E-state index is 13.8. The standard InChI is InChI=1S/C32H39Cl3N4O3/c1-20-13-28(34)30(29(35)14-20)32(42)38-18-24-16-36(17-25(24)19-38)9-4-10-39(26-6-5-21(2)27(33)15-26)31(41)23-7-11-37(12-8-23)22(3)40/h5-6,13-15,23-25H,4,7-12,16-19H2,1-3H3. The fourth-order valence-electron chi connectivity index (χ4n) is 6.73. The number of likely N-dealkylation sites (tertiary alicyclic amines) is 3. The lowest BCUT2D eigenvalue weighted by molar-refractivity contribution is -0.133. The maximum atomic E-state index is 13.8. The lowest BCUT2D eigenvalue weighted by Crippen LogP contribution is -2.44. The SMILES string of the molecule is CC(=O)N1CCC(C(=O)N(CCCN2CC3CN(C(=O)c4c(Cl)cc(C)cc4Cl)CC3C2)c2ccc(C)c(Cl)c2)CC1. The molecule has 3 saturated heterocycles. The largest absolute Gasteiger partial charge is 0.343 e. The van der Waals surface area contributed by atoms with E-state index in [1.807, 2.05) is 46.7 Å². The average molecular weight is 634 g/mol. The molecule has 7 nitrogen and oxygen atoms in total. The van der Waals surface area contributed by atoms with Crippen molar-refractivity contribution >= 4 is 58.2 Å². The molecule has 5 rings (SSSR count). The quantitative estimate of drug-likeness (QED) is 0.378. The zero-order chi connectivity index (χ0) is 30.1. The Morgan fingerprint density at radius 2 is 1.48 bits per heavy atom. The van der Waals surface area contributed by atoms with Crippen molar-refractivity contribution in [2.24, 2.45) is 17.8 Å². The number of halogens is 3.